The third kappa shape index (κ3) is 2.47. The summed E-state index contributed by atoms with van der Waals surface area (Å²) in [6, 6.07) is -0.554. The molecule has 0 aromatic heterocycles. The Morgan fingerprint density at radius 2 is 2.13 bits per heavy atom. The molecule has 1 fully saturated rings. The number of carboxylic acids is 1. The van der Waals surface area contributed by atoms with Crippen LogP contribution < -0.4 is 5.73 Å². The fourth-order valence-electron chi connectivity index (χ4n) is 1.89. The summed E-state index contributed by atoms with van der Waals surface area (Å²) in [5.41, 5.74) is 4.68. The van der Waals surface area contributed by atoms with Gasteiger partial charge in [-0.3, -0.25) is 9.59 Å². The number of nitrogens with two attached hydrogens (primary N) is 1. The van der Waals surface area contributed by atoms with Gasteiger partial charge in [0.2, 0.25) is 5.91 Å². The molecule has 1 amide bonds. The average Bonchev–Trinajstić information content (AvgIpc) is 2.16. The summed E-state index contributed by atoms with van der Waals surface area (Å²) in [4.78, 5) is 24.2. The summed E-state index contributed by atoms with van der Waals surface area (Å²) < 4.78 is 0. The van der Waals surface area contributed by atoms with Gasteiger partial charge in [0.25, 0.3) is 0 Å². The molecule has 15 heavy (non-hydrogen) atoms. The first-order chi connectivity index (χ1) is 6.87. The Labute approximate surface area is 89.2 Å². The molecule has 0 aliphatic carbocycles. The second-order valence-corrected chi connectivity index (χ2v) is 4.52. The van der Waals surface area contributed by atoms with Gasteiger partial charge in [-0.15, -0.1) is 0 Å². The number of aliphatic carboxylic acids is 1. The second-order valence-electron chi connectivity index (χ2n) is 4.52. The van der Waals surface area contributed by atoms with E-state index in [4.69, 9.17) is 10.8 Å². The average molecular weight is 214 g/mol. The number of carbonyl (C=O) groups excluding carboxylic acids is 1. The number of carbonyl (C=O) groups is 2. The maximum atomic E-state index is 11.6. The zero-order valence-electron chi connectivity index (χ0n) is 9.19. The molecule has 1 aliphatic rings. The molecule has 2 atom stereocenters. The van der Waals surface area contributed by atoms with Crippen LogP contribution in [-0.2, 0) is 9.59 Å². The number of carboxylic acid groups (broad SMARTS) is 1. The lowest BCUT2D eigenvalue weighted by molar-refractivity contribution is -0.153. The lowest BCUT2D eigenvalue weighted by Gasteiger charge is -2.38. The van der Waals surface area contributed by atoms with Crippen LogP contribution in [-0.4, -0.2) is 41.0 Å². The first kappa shape index (κ1) is 12.0. The maximum absolute atomic E-state index is 11.6. The molecule has 0 saturated carbocycles. The number of piperidine rings is 1. The summed E-state index contributed by atoms with van der Waals surface area (Å²) in [5.74, 6) is -1.01. The van der Waals surface area contributed by atoms with Crippen LogP contribution in [0.5, 0.6) is 0 Å². The van der Waals surface area contributed by atoms with Crippen molar-refractivity contribution >= 4 is 11.9 Å². The summed E-state index contributed by atoms with van der Waals surface area (Å²) in [7, 11) is 0. The van der Waals surface area contributed by atoms with Crippen LogP contribution in [0.15, 0.2) is 0 Å². The standard InChI is InChI=1S/C10H18N2O3/c1-7(11)8(13)12-5-3-4-10(2,6-12)9(14)15/h7H,3-6,11H2,1-2H3,(H,14,15). The fraction of sp³-hybridized carbons (Fsp3) is 0.800. The molecule has 0 aromatic rings. The van der Waals surface area contributed by atoms with Crippen molar-refractivity contribution in [3.05, 3.63) is 0 Å². The van der Waals surface area contributed by atoms with Gasteiger partial charge in [0.05, 0.1) is 11.5 Å². The van der Waals surface area contributed by atoms with E-state index in [1.165, 1.54) is 0 Å². The minimum Gasteiger partial charge on any atom is -0.481 e. The van der Waals surface area contributed by atoms with Gasteiger partial charge in [0.15, 0.2) is 0 Å². The van der Waals surface area contributed by atoms with E-state index in [2.05, 4.69) is 0 Å². The fourth-order valence-corrected chi connectivity index (χ4v) is 1.89. The Bertz CT molecular complexity index is 278. The number of nitrogens with zero attached hydrogens (tertiary/aromatic N) is 1. The molecule has 5 heteroatoms. The molecule has 0 radical (unpaired) electrons. The van der Waals surface area contributed by atoms with Gasteiger partial charge in [-0.25, -0.2) is 0 Å². The van der Waals surface area contributed by atoms with Crippen molar-refractivity contribution in [2.24, 2.45) is 11.1 Å². The maximum Gasteiger partial charge on any atom is 0.311 e. The van der Waals surface area contributed by atoms with Gasteiger partial charge in [0, 0.05) is 13.1 Å². The lowest BCUT2D eigenvalue weighted by Crippen LogP contribution is -2.52. The van der Waals surface area contributed by atoms with E-state index in [-0.39, 0.29) is 12.5 Å². The largest absolute Gasteiger partial charge is 0.481 e. The zero-order chi connectivity index (χ0) is 11.6. The predicted octanol–water partition coefficient (Wildman–Crippen LogP) is 0.0469. The highest BCUT2D eigenvalue weighted by Gasteiger charge is 2.39. The van der Waals surface area contributed by atoms with Crippen molar-refractivity contribution in [2.75, 3.05) is 13.1 Å². The monoisotopic (exact) mass is 214 g/mol. The number of rotatable bonds is 2. The molecule has 86 valence electrons. The molecule has 0 spiro atoms. The van der Waals surface area contributed by atoms with E-state index in [0.29, 0.717) is 13.0 Å². The molecule has 1 aliphatic heterocycles. The highest BCUT2D eigenvalue weighted by Crippen LogP contribution is 2.29. The highest BCUT2D eigenvalue weighted by atomic mass is 16.4. The Morgan fingerprint density at radius 1 is 1.53 bits per heavy atom. The quantitative estimate of drug-likeness (QED) is 0.680. The van der Waals surface area contributed by atoms with E-state index < -0.39 is 17.4 Å². The van der Waals surface area contributed by atoms with Crippen molar-refractivity contribution < 1.29 is 14.7 Å². The van der Waals surface area contributed by atoms with E-state index in [0.717, 1.165) is 6.42 Å². The minimum absolute atomic E-state index is 0.165. The van der Waals surface area contributed by atoms with Crippen molar-refractivity contribution in [3.63, 3.8) is 0 Å². The van der Waals surface area contributed by atoms with Gasteiger partial charge in [-0.2, -0.15) is 0 Å². The zero-order valence-corrected chi connectivity index (χ0v) is 9.19. The SMILES string of the molecule is CC(N)C(=O)N1CCCC(C)(C(=O)O)C1. The third-order valence-corrected chi connectivity index (χ3v) is 2.91. The van der Waals surface area contributed by atoms with E-state index >= 15 is 0 Å². The van der Waals surface area contributed by atoms with E-state index in [9.17, 15) is 9.59 Å². The molecule has 3 N–H and O–H groups in total. The molecule has 1 heterocycles. The molecule has 1 saturated heterocycles. The van der Waals surface area contributed by atoms with Crippen molar-refractivity contribution in [3.8, 4) is 0 Å². The molecular formula is C10H18N2O3. The van der Waals surface area contributed by atoms with Crippen LogP contribution in [0, 0.1) is 5.41 Å². The van der Waals surface area contributed by atoms with Gasteiger partial charge < -0.3 is 15.7 Å². The van der Waals surface area contributed by atoms with Gasteiger partial charge in [-0.1, -0.05) is 0 Å². The molecule has 2 unspecified atom stereocenters. The Kier molecular flexibility index (Phi) is 3.34. The first-order valence-electron chi connectivity index (χ1n) is 5.14. The smallest absolute Gasteiger partial charge is 0.311 e. The van der Waals surface area contributed by atoms with Crippen LogP contribution in [0.3, 0.4) is 0 Å². The second kappa shape index (κ2) is 4.18. The molecule has 1 rings (SSSR count). The molecule has 5 nitrogen and oxygen atoms in total. The van der Waals surface area contributed by atoms with Crippen LogP contribution in [0.1, 0.15) is 26.7 Å². The predicted molar refractivity (Wildman–Crippen MR) is 55.2 cm³/mol. The third-order valence-electron chi connectivity index (χ3n) is 2.91. The lowest BCUT2D eigenvalue weighted by atomic mass is 9.82. The molecular weight excluding hydrogens is 196 g/mol. The van der Waals surface area contributed by atoms with Gasteiger partial charge in [0.1, 0.15) is 0 Å². The number of hydrogen-bond acceptors (Lipinski definition) is 3. The molecule has 0 aromatic carbocycles. The summed E-state index contributed by atoms with van der Waals surface area (Å²) in [6.07, 6.45) is 1.34. The van der Waals surface area contributed by atoms with Crippen LogP contribution in [0.4, 0.5) is 0 Å². The van der Waals surface area contributed by atoms with E-state index in [1.807, 2.05) is 0 Å². The number of amides is 1. The summed E-state index contributed by atoms with van der Waals surface area (Å²) in [6.45, 7) is 4.18. The normalized spacial score (nSPS) is 28.6. The van der Waals surface area contributed by atoms with Crippen molar-refractivity contribution in [1.82, 2.24) is 4.90 Å². The summed E-state index contributed by atoms with van der Waals surface area (Å²) >= 11 is 0. The summed E-state index contributed by atoms with van der Waals surface area (Å²) in [5, 5.41) is 9.07. The Morgan fingerprint density at radius 3 is 2.60 bits per heavy atom. The van der Waals surface area contributed by atoms with Crippen LogP contribution in [0.2, 0.25) is 0 Å². The Balaban J connectivity index is 2.72. The van der Waals surface area contributed by atoms with Crippen LogP contribution in [0.25, 0.3) is 0 Å². The topological polar surface area (TPSA) is 83.6 Å². The van der Waals surface area contributed by atoms with Gasteiger partial charge >= 0.3 is 5.97 Å². The van der Waals surface area contributed by atoms with Gasteiger partial charge in [-0.05, 0) is 26.7 Å². The highest BCUT2D eigenvalue weighted by molar-refractivity contribution is 5.83. The van der Waals surface area contributed by atoms with E-state index in [1.54, 1.807) is 18.7 Å². The Hall–Kier alpha value is -1.10. The molecule has 0 bridgehead atoms. The van der Waals surface area contributed by atoms with Crippen molar-refractivity contribution in [2.45, 2.75) is 32.7 Å². The first-order valence-corrected chi connectivity index (χ1v) is 5.14. The van der Waals surface area contributed by atoms with Crippen LogP contribution >= 0.6 is 0 Å². The minimum atomic E-state index is -0.843. The van der Waals surface area contributed by atoms with Crippen molar-refractivity contribution in [1.29, 1.82) is 0 Å². The number of likely N-dealkylation sites (tertiary alicyclic amines) is 1. The number of hydrogen-bond donors (Lipinski definition) is 2.